The Morgan fingerprint density at radius 3 is 2.65 bits per heavy atom. The van der Waals surface area contributed by atoms with E-state index >= 15 is 0 Å². The number of carbonyl (C=O) groups is 1. The van der Waals surface area contributed by atoms with E-state index in [4.69, 9.17) is 14.6 Å². The van der Waals surface area contributed by atoms with Gasteiger partial charge < -0.3 is 14.6 Å². The van der Waals surface area contributed by atoms with Gasteiger partial charge in [0.05, 0.1) is 17.3 Å². The van der Waals surface area contributed by atoms with Crippen molar-refractivity contribution in [2.45, 2.75) is 38.8 Å². The van der Waals surface area contributed by atoms with Crippen LogP contribution in [0.4, 0.5) is 10.5 Å². The molecule has 1 aliphatic heterocycles. The molecule has 1 aliphatic rings. The molecule has 1 atom stereocenters. The zero-order chi connectivity index (χ0) is 25.9. The van der Waals surface area contributed by atoms with E-state index in [-0.39, 0.29) is 30.2 Å². The van der Waals surface area contributed by atoms with Gasteiger partial charge in [-0.15, -0.1) is 5.01 Å². The molecule has 1 aromatic carbocycles. The van der Waals surface area contributed by atoms with Crippen LogP contribution in [-0.2, 0) is 20.3 Å². The van der Waals surface area contributed by atoms with Gasteiger partial charge in [-0.3, -0.25) is 10.1 Å². The first-order valence-corrected chi connectivity index (χ1v) is 11.6. The van der Waals surface area contributed by atoms with Crippen molar-refractivity contribution in [2.75, 3.05) is 26.0 Å². The highest BCUT2D eigenvalue weighted by Crippen LogP contribution is 2.40. The summed E-state index contributed by atoms with van der Waals surface area (Å²) in [4.78, 5) is 28.0. The maximum Gasteiger partial charge on any atom is 0.437 e. The second kappa shape index (κ2) is 9.80. The Labute approximate surface area is 197 Å². The summed E-state index contributed by atoms with van der Waals surface area (Å²) in [5, 5.41) is 24.6. The van der Waals surface area contributed by atoms with Crippen LogP contribution in [0, 0.1) is 10.1 Å². The van der Waals surface area contributed by atoms with Crippen molar-refractivity contribution in [2.24, 2.45) is 10.1 Å². The third kappa shape index (κ3) is 5.91. The summed E-state index contributed by atoms with van der Waals surface area (Å²) >= 11 is 0. The number of nitrogens with one attached hydrogen (secondary N) is 1. The number of nitrogens with zero attached hydrogens (tertiary/aromatic N) is 5. The molecular formula is C19H28N6O8S. The number of aliphatic hydroxyl groups excluding tert-OH is 1. The number of benzene rings is 1. The zero-order valence-corrected chi connectivity index (χ0v) is 20.3. The van der Waals surface area contributed by atoms with E-state index in [0.717, 1.165) is 10.4 Å². The molecule has 2 rings (SSSR count). The molecule has 34 heavy (non-hydrogen) atoms. The highest BCUT2D eigenvalue weighted by Gasteiger charge is 2.46. The number of nitro groups is 1. The number of hydrazine groups is 1. The minimum atomic E-state index is -4.10. The van der Waals surface area contributed by atoms with Crippen LogP contribution >= 0.6 is 0 Å². The first-order valence-electron chi connectivity index (χ1n) is 9.99. The Balaban J connectivity index is 2.75. The first-order chi connectivity index (χ1) is 15.6. The van der Waals surface area contributed by atoms with Crippen LogP contribution in [-0.4, -0.2) is 78.1 Å². The van der Waals surface area contributed by atoms with Crippen molar-refractivity contribution < 1.29 is 32.7 Å². The fourth-order valence-corrected chi connectivity index (χ4v) is 4.60. The molecule has 1 heterocycles. The van der Waals surface area contributed by atoms with E-state index in [2.05, 4.69) is 22.3 Å². The minimum absolute atomic E-state index is 0.0695. The number of amides is 1. The summed E-state index contributed by atoms with van der Waals surface area (Å²) in [6.45, 7) is 9.05. The quantitative estimate of drug-likeness (QED) is 0.316. The van der Waals surface area contributed by atoms with Crippen LogP contribution in [0.25, 0.3) is 0 Å². The summed E-state index contributed by atoms with van der Waals surface area (Å²) in [5.74, 6) is -0.918. The highest BCUT2D eigenvalue weighted by molar-refractivity contribution is 7.89. The molecule has 1 amide bonds. The molecule has 2 N–H and O–H groups in total. The molecule has 188 valence electrons. The third-order valence-corrected chi connectivity index (χ3v) is 6.48. The Hall–Kier alpha value is -3.46. The number of hydrazone groups is 1. The number of sulfonamides is 1. The number of carbonyl (C=O) groups excluding carboxylic acids is 1. The Morgan fingerprint density at radius 1 is 1.47 bits per heavy atom. The summed E-state index contributed by atoms with van der Waals surface area (Å²) in [6.07, 6.45) is -1.01. The molecule has 0 fully saturated rings. The lowest BCUT2D eigenvalue weighted by Crippen LogP contribution is -2.58. The van der Waals surface area contributed by atoms with Gasteiger partial charge in [-0.25, -0.2) is 28.0 Å². The van der Waals surface area contributed by atoms with Crippen molar-refractivity contribution in [3.05, 3.63) is 33.9 Å². The van der Waals surface area contributed by atoms with Crippen LogP contribution in [0.2, 0.25) is 0 Å². The van der Waals surface area contributed by atoms with Crippen molar-refractivity contribution in [3.8, 4) is 5.75 Å². The molecule has 0 radical (unpaired) electrons. The van der Waals surface area contributed by atoms with Crippen LogP contribution in [0.15, 0.2) is 28.3 Å². The monoisotopic (exact) mass is 500 g/mol. The molecule has 0 unspecified atom stereocenters. The number of hydrogen-bond acceptors (Lipinski definition) is 11. The molecule has 1 aromatic rings. The molecule has 15 heteroatoms. The maximum absolute atomic E-state index is 13.1. The largest absolute Gasteiger partial charge is 0.491 e. The van der Waals surface area contributed by atoms with Crippen LogP contribution in [0.3, 0.4) is 0 Å². The van der Waals surface area contributed by atoms with E-state index in [0.29, 0.717) is 5.01 Å². The third-order valence-electron chi connectivity index (χ3n) is 4.56. The molecule has 0 bridgehead atoms. The fourth-order valence-electron chi connectivity index (χ4n) is 3.11. The predicted molar refractivity (Wildman–Crippen MR) is 123 cm³/mol. The maximum atomic E-state index is 13.1. The Morgan fingerprint density at radius 2 is 2.12 bits per heavy atom. The number of ether oxygens (including phenoxy) is 2. The van der Waals surface area contributed by atoms with Gasteiger partial charge in [0.2, 0.25) is 16.0 Å². The standard InChI is InChI=1S/C19H28N6O8S/c1-18(2,3)33-17(27)24(22-20-5)16-21-19(4,12-34(30,31)23(16)6)14-11-13(25(28)29)7-8-15(14)32-10-9-26/h7-8,11,22,26H,5,9-10,12H2,1-4,6H3/t19-/m0/s1. The van der Waals surface area contributed by atoms with Crippen LogP contribution in [0.5, 0.6) is 5.75 Å². The van der Waals surface area contributed by atoms with Gasteiger partial charge in [0.1, 0.15) is 23.5 Å². The second-order valence-corrected chi connectivity index (χ2v) is 10.5. The summed E-state index contributed by atoms with van der Waals surface area (Å²) < 4.78 is 37.8. The number of hydrogen-bond donors (Lipinski definition) is 2. The van der Waals surface area contributed by atoms with E-state index in [1.165, 1.54) is 26.1 Å². The summed E-state index contributed by atoms with van der Waals surface area (Å²) in [6, 6.07) is 3.62. The number of aliphatic imine (C=N–C) groups is 1. The molecule has 0 spiro atoms. The Bertz CT molecular complexity index is 1100. The molecule has 0 saturated heterocycles. The Kier molecular flexibility index (Phi) is 7.72. The van der Waals surface area contributed by atoms with Gasteiger partial charge in [-0.2, -0.15) is 5.10 Å². The van der Waals surface area contributed by atoms with Gasteiger partial charge in [0, 0.05) is 31.5 Å². The van der Waals surface area contributed by atoms with Gasteiger partial charge in [-0.1, -0.05) is 0 Å². The van der Waals surface area contributed by atoms with Gasteiger partial charge in [0.15, 0.2) is 0 Å². The second-order valence-electron chi connectivity index (χ2n) is 8.49. The molecule has 0 aromatic heterocycles. The van der Waals surface area contributed by atoms with Gasteiger partial charge in [-0.05, 0) is 33.8 Å². The minimum Gasteiger partial charge on any atom is -0.491 e. The van der Waals surface area contributed by atoms with E-state index in [9.17, 15) is 23.3 Å². The highest BCUT2D eigenvalue weighted by atomic mass is 32.2. The molecule has 14 nitrogen and oxygen atoms in total. The smallest absolute Gasteiger partial charge is 0.437 e. The van der Waals surface area contributed by atoms with E-state index in [1.54, 1.807) is 20.8 Å². The zero-order valence-electron chi connectivity index (χ0n) is 19.5. The van der Waals surface area contributed by atoms with Crippen molar-refractivity contribution in [3.63, 3.8) is 0 Å². The van der Waals surface area contributed by atoms with Crippen LogP contribution in [0.1, 0.15) is 33.3 Å². The lowest BCUT2D eigenvalue weighted by atomic mass is 9.93. The average molecular weight is 501 g/mol. The number of nitro benzene ring substituents is 1. The SMILES string of the molecule is C=NNN(C(=O)OC(C)(C)C)C1=N[C@](C)(c2cc([N+](=O)[O-])ccc2OCCO)CS(=O)(=O)N1C. The van der Waals surface area contributed by atoms with E-state index in [1.807, 2.05) is 0 Å². The molecule has 0 aliphatic carbocycles. The normalized spacial score (nSPS) is 19.6. The lowest BCUT2D eigenvalue weighted by molar-refractivity contribution is -0.385. The fraction of sp³-hybridized carbons (Fsp3) is 0.526. The number of aliphatic hydroxyl groups is 1. The molecule has 0 saturated carbocycles. The average Bonchev–Trinajstić information content (AvgIpc) is 2.71. The van der Waals surface area contributed by atoms with E-state index < -0.39 is 43.9 Å². The first kappa shape index (κ1) is 26.8. The number of guanidine groups is 1. The van der Waals surface area contributed by atoms with Gasteiger partial charge in [0.25, 0.3) is 5.69 Å². The molecular weight excluding hydrogens is 472 g/mol. The van der Waals surface area contributed by atoms with Crippen molar-refractivity contribution in [1.29, 1.82) is 0 Å². The topological polar surface area (TPSA) is 176 Å². The number of rotatable bonds is 7. The summed E-state index contributed by atoms with van der Waals surface area (Å²) in [7, 11) is -2.91. The lowest BCUT2D eigenvalue weighted by Gasteiger charge is -2.39. The predicted octanol–water partition coefficient (Wildman–Crippen LogP) is 1.17. The van der Waals surface area contributed by atoms with Crippen molar-refractivity contribution in [1.82, 2.24) is 14.8 Å². The van der Waals surface area contributed by atoms with Gasteiger partial charge >= 0.3 is 6.09 Å². The van der Waals surface area contributed by atoms with Crippen molar-refractivity contribution >= 4 is 34.5 Å². The summed E-state index contributed by atoms with van der Waals surface area (Å²) in [5.41, 5.74) is -0.550. The van der Waals surface area contributed by atoms with Crippen LogP contribution < -0.4 is 10.3 Å². The number of non-ortho nitro benzene ring substituents is 1.